The van der Waals surface area contributed by atoms with Gasteiger partial charge >= 0.3 is 0 Å². The Bertz CT molecular complexity index is 1450. The molecule has 8 nitrogen and oxygen atoms in total. The van der Waals surface area contributed by atoms with E-state index in [0.717, 1.165) is 33.5 Å². The summed E-state index contributed by atoms with van der Waals surface area (Å²) in [6, 6.07) is 15.5. The van der Waals surface area contributed by atoms with Crippen molar-refractivity contribution in [1.82, 2.24) is 19.4 Å². The highest BCUT2D eigenvalue weighted by molar-refractivity contribution is 7.88. The third kappa shape index (κ3) is 4.15. The molecule has 1 aliphatic heterocycles. The number of piperazine rings is 1. The standard InChI is InChI=1S/C24H24ClN5O3S/c1-15-22(16(2)33-28-15)18-9-10-20-19(13-18)23(27-24(25)26-20)30-12-11-29(34(3,31)32)14-21(30)17-7-5-4-6-8-17/h4-10,13,21H,11-12,14H2,1-3H3. The molecule has 2 aromatic carbocycles. The summed E-state index contributed by atoms with van der Waals surface area (Å²) in [7, 11) is -3.34. The second-order valence-corrected chi connectivity index (χ2v) is 10.8. The summed E-state index contributed by atoms with van der Waals surface area (Å²) in [5, 5.41) is 5.05. The fraction of sp³-hybridized carbons (Fsp3) is 0.292. The quantitative estimate of drug-likeness (QED) is 0.386. The normalized spacial score (nSPS) is 17.4. The Labute approximate surface area is 203 Å². The maximum absolute atomic E-state index is 12.4. The molecule has 0 N–H and O–H groups in total. The largest absolute Gasteiger partial charge is 0.361 e. The minimum Gasteiger partial charge on any atom is -0.361 e. The van der Waals surface area contributed by atoms with Crippen LogP contribution in [0.4, 0.5) is 5.82 Å². The van der Waals surface area contributed by atoms with Crippen LogP contribution in [0.2, 0.25) is 5.28 Å². The van der Waals surface area contributed by atoms with E-state index < -0.39 is 10.0 Å². The Morgan fingerprint density at radius 2 is 1.82 bits per heavy atom. The van der Waals surface area contributed by atoms with Gasteiger partial charge in [-0.3, -0.25) is 0 Å². The van der Waals surface area contributed by atoms with Crippen molar-refractivity contribution in [1.29, 1.82) is 0 Å². The maximum atomic E-state index is 12.4. The second-order valence-electron chi connectivity index (χ2n) is 8.49. The number of hydrogen-bond donors (Lipinski definition) is 0. The molecule has 1 unspecified atom stereocenters. The number of nitrogens with zero attached hydrogens (tertiary/aromatic N) is 5. The van der Waals surface area contributed by atoms with Crippen LogP contribution >= 0.6 is 11.6 Å². The molecule has 0 spiro atoms. The number of halogens is 1. The SMILES string of the molecule is Cc1noc(C)c1-c1ccc2nc(Cl)nc(N3CCN(S(C)(=O)=O)CC3c3ccccc3)c2c1. The van der Waals surface area contributed by atoms with Crippen molar-refractivity contribution in [3.8, 4) is 11.1 Å². The van der Waals surface area contributed by atoms with E-state index in [9.17, 15) is 8.42 Å². The van der Waals surface area contributed by atoms with Crippen molar-refractivity contribution >= 4 is 38.3 Å². The van der Waals surface area contributed by atoms with Crippen molar-refractivity contribution in [3.63, 3.8) is 0 Å². The molecule has 10 heteroatoms. The first-order chi connectivity index (χ1) is 16.2. The summed E-state index contributed by atoms with van der Waals surface area (Å²) < 4.78 is 31.6. The van der Waals surface area contributed by atoms with E-state index in [2.05, 4.69) is 20.0 Å². The highest BCUT2D eigenvalue weighted by atomic mass is 35.5. The first-order valence-corrected chi connectivity index (χ1v) is 13.1. The van der Waals surface area contributed by atoms with Gasteiger partial charge in [0.05, 0.1) is 23.5 Å². The average molecular weight is 498 g/mol. The number of rotatable bonds is 4. The Kier molecular flexibility index (Phi) is 5.79. The molecule has 4 aromatic rings. The number of fused-ring (bicyclic) bond motifs is 1. The van der Waals surface area contributed by atoms with Gasteiger partial charge in [-0.05, 0) is 48.7 Å². The summed E-state index contributed by atoms with van der Waals surface area (Å²) >= 11 is 6.35. The average Bonchev–Trinajstić information content (AvgIpc) is 3.15. The molecule has 34 heavy (non-hydrogen) atoms. The fourth-order valence-corrected chi connectivity index (χ4v) is 5.62. The van der Waals surface area contributed by atoms with Crippen LogP contribution in [0.3, 0.4) is 0 Å². The number of aryl methyl sites for hydroxylation is 2. The van der Waals surface area contributed by atoms with Gasteiger partial charge in [-0.2, -0.15) is 9.29 Å². The minimum atomic E-state index is -3.34. The van der Waals surface area contributed by atoms with Gasteiger partial charge in [0.2, 0.25) is 15.3 Å². The van der Waals surface area contributed by atoms with Crippen molar-refractivity contribution in [2.24, 2.45) is 0 Å². The number of hydrogen-bond acceptors (Lipinski definition) is 7. The third-order valence-electron chi connectivity index (χ3n) is 6.24. The maximum Gasteiger partial charge on any atom is 0.224 e. The molecule has 0 amide bonds. The summed E-state index contributed by atoms with van der Waals surface area (Å²) in [4.78, 5) is 11.2. The van der Waals surface area contributed by atoms with Gasteiger partial charge in [0, 0.05) is 30.6 Å². The summed E-state index contributed by atoms with van der Waals surface area (Å²) in [6.45, 7) is 4.93. The van der Waals surface area contributed by atoms with Crippen LogP contribution < -0.4 is 4.90 Å². The van der Waals surface area contributed by atoms with Crippen molar-refractivity contribution in [2.45, 2.75) is 19.9 Å². The van der Waals surface area contributed by atoms with E-state index in [1.54, 1.807) is 0 Å². The van der Waals surface area contributed by atoms with E-state index in [0.29, 0.717) is 31.0 Å². The zero-order valence-electron chi connectivity index (χ0n) is 19.1. The summed E-state index contributed by atoms with van der Waals surface area (Å²) in [6.07, 6.45) is 1.25. The zero-order chi connectivity index (χ0) is 24.0. The molecule has 3 heterocycles. The minimum absolute atomic E-state index is 0.143. The second kappa shape index (κ2) is 8.65. The predicted molar refractivity (Wildman–Crippen MR) is 132 cm³/mol. The zero-order valence-corrected chi connectivity index (χ0v) is 20.6. The molecule has 0 aliphatic carbocycles. The van der Waals surface area contributed by atoms with Gasteiger partial charge in [-0.25, -0.2) is 13.4 Å². The van der Waals surface area contributed by atoms with Gasteiger partial charge in [0.1, 0.15) is 11.6 Å². The number of anilines is 1. The van der Waals surface area contributed by atoms with Crippen LogP contribution in [0.1, 0.15) is 23.1 Å². The van der Waals surface area contributed by atoms with Crippen molar-refractivity contribution in [2.75, 3.05) is 30.8 Å². The Balaban J connectivity index is 1.67. The van der Waals surface area contributed by atoms with Gasteiger partial charge < -0.3 is 9.42 Å². The van der Waals surface area contributed by atoms with Crippen LogP contribution in [-0.4, -0.2) is 53.7 Å². The molecule has 1 fully saturated rings. The smallest absolute Gasteiger partial charge is 0.224 e. The molecule has 0 radical (unpaired) electrons. The van der Waals surface area contributed by atoms with Crippen LogP contribution in [0, 0.1) is 13.8 Å². The molecule has 0 bridgehead atoms. The number of sulfonamides is 1. The van der Waals surface area contributed by atoms with E-state index in [-0.39, 0.29) is 11.3 Å². The third-order valence-corrected chi connectivity index (χ3v) is 7.68. The molecule has 1 atom stereocenters. The van der Waals surface area contributed by atoms with Gasteiger partial charge in [-0.1, -0.05) is 41.6 Å². The topological polar surface area (TPSA) is 92.4 Å². The van der Waals surface area contributed by atoms with E-state index in [1.165, 1.54) is 10.6 Å². The monoisotopic (exact) mass is 497 g/mol. The van der Waals surface area contributed by atoms with Gasteiger partial charge in [0.15, 0.2) is 0 Å². The molecule has 1 saturated heterocycles. The molecule has 0 saturated carbocycles. The number of aromatic nitrogens is 3. The molecule has 5 rings (SSSR count). The molecule has 2 aromatic heterocycles. The van der Waals surface area contributed by atoms with Gasteiger partial charge in [0.25, 0.3) is 0 Å². The van der Waals surface area contributed by atoms with Crippen molar-refractivity contribution in [3.05, 3.63) is 70.8 Å². The van der Waals surface area contributed by atoms with E-state index >= 15 is 0 Å². The van der Waals surface area contributed by atoms with E-state index in [4.69, 9.17) is 16.1 Å². The molecular formula is C24H24ClN5O3S. The van der Waals surface area contributed by atoms with Crippen molar-refractivity contribution < 1.29 is 12.9 Å². The summed E-state index contributed by atoms with van der Waals surface area (Å²) in [5.74, 6) is 1.41. The first-order valence-electron chi connectivity index (χ1n) is 10.9. The van der Waals surface area contributed by atoms with Gasteiger partial charge in [-0.15, -0.1) is 0 Å². The fourth-order valence-electron chi connectivity index (χ4n) is 4.63. The Morgan fingerprint density at radius 3 is 2.50 bits per heavy atom. The predicted octanol–water partition coefficient (Wildman–Crippen LogP) is 4.38. The highest BCUT2D eigenvalue weighted by Gasteiger charge is 2.34. The number of benzene rings is 2. The van der Waals surface area contributed by atoms with E-state index in [1.807, 2.05) is 62.4 Å². The molecule has 176 valence electrons. The lowest BCUT2D eigenvalue weighted by Crippen LogP contribution is -2.50. The Hall–Kier alpha value is -3.01. The van der Waals surface area contributed by atoms with Crippen LogP contribution in [-0.2, 0) is 10.0 Å². The van der Waals surface area contributed by atoms with Crippen LogP contribution in [0.25, 0.3) is 22.0 Å². The lowest BCUT2D eigenvalue weighted by molar-refractivity contribution is 0.337. The molecular weight excluding hydrogens is 474 g/mol. The lowest BCUT2D eigenvalue weighted by atomic mass is 10.00. The summed E-state index contributed by atoms with van der Waals surface area (Å²) in [5.41, 5.74) is 4.40. The molecule has 1 aliphatic rings. The van der Waals surface area contributed by atoms with Crippen LogP contribution in [0.5, 0.6) is 0 Å². The lowest BCUT2D eigenvalue weighted by Gasteiger charge is -2.41. The first kappa shape index (κ1) is 22.8. The van der Waals surface area contributed by atoms with Crippen LogP contribution in [0.15, 0.2) is 53.1 Å². The highest BCUT2D eigenvalue weighted by Crippen LogP contribution is 2.37. The Morgan fingerprint density at radius 1 is 1.06 bits per heavy atom.